The summed E-state index contributed by atoms with van der Waals surface area (Å²) in [5.74, 6) is -1.18. The summed E-state index contributed by atoms with van der Waals surface area (Å²) in [5, 5.41) is 9.52. The van der Waals surface area contributed by atoms with E-state index < -0.39 is 11.6 Å². The first-order valence-electron chi connectivity index (χ1n) is 10.5. The molecule has 0 atom stereocenters. The molecule has 0 aliphatic carbocycles. The minimum absolute atomic E-state index is 0.0720. The maximum Gasteiger partial charge on any atom is 0.410 e. The van der Waals surface area contributed by atoms with Gasteiger partial charge < -0.3 is 24.5 Å². The smallest absolute Gasteiger partial charge is 0.410 e. The van der Waals surface area contributed by atoms with Crippen molar-refractivity contribution in [1.29, 1.82) is 0 Å². The van der Waals surface area contributed by atoms with Gasteiger partial charge in [0.15, 0.2) is 6.29 Å². The van der Waals surface area contributed by atoms with Gasteiger partial charge in [-0.25, -0.2) is 9.59 Å². The second-order valence-electron chi connectivity index (χ2n) is 8.85. The van der Waals surface area contributed by atoms with E-state index in [0.29, 0.717) is 37.3 Å². The zero-order valence-electron chi connectivity index (χ0n) is 20.4. The van der Waals surface area contributed by atoms with Gasteiger partial charge in [-0.2, -0.15) is 0 Å². The number of benzene rings is 1. The number of aromatic carboxylic acids is 1. The number of hydrogen-bond acceptors (Lipinski definition) is 6. The lowest BCUT2D eigenvalue weighted by molar-refractivity contribution is 0.0288. The van der Waals surface area contributed by atoms with Crippen molar-refractivity contribution >= 4 is 24.0 Å². The van der Waals surface area contributed by atoms with E-state index in [1.165, 1.54) is 11.0 Å². The maximum atomic E-state index is 12.0. The van der Waals surface area contributed by atoms with Crippen molar-refractivity contribution in [3.8, 4) is 0 Å². The third kappa shape index (κ3) is 8.94. The van der Waals surface area contributed by atoms with E-state index >= 15 is 0 Å². The van der Waals surface area contributed by atoms with Gasteiger partial charge in [0, 0.05) is 45.0 Å². The number of amides is 1. The first kappa shape index (κ1) is 27.6. The summed E-state index contributed by atoms with van der Waals surface area (Å²) in [6, 6.07) is 4.71. The number of hydrogen-bond donors (Lipinski definition) is 1. The van der Waals surface area contributed by atoms with Crippen molar-refractivity contribution in [3.05, 3.63) is 65.9 Å². The Morgan fingerprint density at radius 1 is 1.09 bits per heavy atom. The summed E-state index contributed by atoms with van der Waals surface area (Å²) in [4.78, 5) is 40.1. The molecule has 0 radical (unpaired) electrons. The number of carbonyl (C=O) groups excluding carboxylic acids is 2. The quantitative estimate of drug-likeness (QED) is 0.396. The topological polar surface area (TPSA) is 90.4 Å². The summed E-state index contributed by atoms with van der Waals surface area (Å²) in [7, 11) is 5.30. The first-order valence-corrected chi connectivity index (χ1v) is 10.5. The lowest BCUT2D eigenvalue weighted by atomic mass is 10.1. The summed E-state index contributed by atoms with van der Waals surface area (Å²) >= 11 is 0. The Morgan fingerprint density at radius 3 is 2.27 bits per heavy atom. The predicted molar refractivity (Wildman–Crippen MR) is 131 cm³/mol. The van der Waals surface area contributed by atoms with Crippen molar-refractivity contribution in [1.82, 2.24) is 9.80 Å². The van der Waals surface area contributed by atoms with Crippen LogP contribution in [0.25, 0.3) is 0 Å². The summed E-state index contributed by atoms with van der Waals surface area (Å²) in [5.41, 5.74) is 1.21. The number of nitrogens with zero attached hydrogens (tertiary/aromatic N) is 3. The Morgan fingerprint density at radius 2 is 1.73 bits per heavy atom. The van der Waals surface area contributed by atoms with Gasteiger partial charge in [-0.1, -0.05) is 31.4 Å². The standard InChI is InChI=1S/C25H35N3O5/c1-18(16-26(6)14-15-27(7)24(32)33-25(3,4)5)12-13-19(2)28(8)21-11-9-10-20(17-29)22(21)23(30)31/h9-13,17H,1-2,14-16H2,3-8H3,(H,30,31)/b13-12-. The van der Waals surface area contributed by atoms with E-state index in [1.54, 1.807) is 43.3 Å². The highest BCUT2D eigenvalue weighted by molar-refractivity contribution is 6.02. The number of ether oxygens (including phenoxy) is 1. The van der Waals surface area contributed by atoms with Gasteiger partial charge in [0.05, 0.1) is 11.3 Å². The van der Waals surface area contributed by atoms with Crippen molar-refractivity contribution in [3.63, 3.8) is 0 Å². The molecular formula is C25H35N3O5. The van der Waals surface area contributed by atoms with Crippen LogP contribution in [0.15, 0.2) is 54.8 Å². The maximum absolute atomic E-state index is 12.0. The highest BCUT2D eigenvalue weighted by Gasteiger charge is 2.20. The number of carbonyl (C=O) groups is 3. The molecule has 1 N–H and O–H groups in total. The zero-order valence-corrected chi connectivity index (χ0v) is 20.4. The van der Waals surface area contributed by atoms with Crippen molar-refractivity contribution in [2.75, 3.05) is 45.7 Å². The molecule has 0 bridgehead atoms. The van der Waals surface area contributed by atoms with E-state index in [0.717, 1.165) is 5.57 Å². The Hall–Kier alpha value is -3.39. The number of likely N-dealkylation sites (N-methyl/N-ethyl adjacent to an activating group) is 3. The lowest BCUT2D eigenvalue weighted by Crippen LogP contribution is -2.38. The van der Waals surface area contributed by atoms with Crippen LogP contribution in [0.2, 0.25) is 0 Å². The Bertz CT molecular complexity index is 930. The molecule has 0 fully saturated rings. The molecule has 0 saturated carbocycles. The van der Waals surface area contributed by atoms with Crippen LogP contribution in [0.5, 0.6) is 0 Å². The second kappa shape index (κ2) is 12.0. The van der Waals surface area contributed by atoms with Gasteiger partial charge >= 0.3 is 12.1 Å². The third-order valence-corrected chi connectivity index (χ3v) is 4.71. The molecular weight excluding hydrogens is 422 g/mol. The normalized spacial score (nSPS) is 11.4. The minimum atomic E-state index is -1.18. The molecule has 0 aromatic heterocycles. The molecule has 180 valence electrons. The minimum Gasteiger partial charge on any atom is -0.478 e. The summed E-state index contributed by atoms with van der Waals surface area (Å²) in [6.07, 6.45) is 3.70. The fourth-order valence-corrected chi connectivity index (χ4v) is 2.88. The molecule has 0 aliphatic heterocycles. The second-order valence-corrected chi connectivity index (χ2v) is 8.85. The molecule has 0 saturated heterocycles. The number of aldehydes is 1. The first-order chi connectivity index (χ1) is 15.3. The molecule has 0 aliphatic rings. The van der Waals surface area contributed by atoms with Gasteiger partial charge in [0.2, 0.25) is 0 Å². The molecule has 0 unspecified atom stereocenters. The van der Waals surface area contributed by atoms with E-state index in [1.807, 2.05) is 32.7 Å². The largest absolute Gasteiger partial charge is 0.478 e. The van der Waals surface area contributed by atoms with Crippen LogP contribution in [0.3, 0.4) is 0 Å². The molecule has 8 nitrogen and oxygen atoms in total. The molecule has 1 aromatic carbocycles. The number of anilines is 1. The van der Waals surface area contributed by atoms with Crippen molar-refractivity contribution in [2.24, 2.45) is 0 Å². The number of rotatable bonds is 11. The Labute approximate surface area is 196 Å². The average Bonchev–Trinajstić information content (AvgIpc) is 2.73. The van der Waals surface area contributed by atoms with Crippen LogP contribution < -0.4 is 4.90 Å². The van der Waals surface area contributed by atoms with E-state index in [2.05, 4.69) is 13.2 Å². The van der Waals surface area contributed by atoms with Gasteiger partial charge in [-0.05, 0) is 45.5 Å². The number of carboxylic acid groups (broad SMARTS) is 1. The Kier molecular flexibility index (Phi) is 10.1. The molecule has 1 aromatic rings. The predicted octanol–water partition coefficient (Wildman–Crippen LogP) is 4.06. The molecule has 1 rings (SSSR count). The van der Waals surface area contributed by atoms with Crippen LogP contribution >= 0.6 is 0 Å². The summed E-state index contributed by atoms with van der Waals surface area (Å²) in [6.45, 7) is 15.2. The van der Waals surface area contributed by atoms with Crippen LogP contribution in [-0.4, -0.2) is 79.6 Å². The van der Waals surface area contributed by atoms with Crippen LogP contribution in [0.1, 0.15) is 41.5 Å². The molecule has 8 heteroatoms. The monoisotopic (exact) mass is 457 g/mol. The van der Waals surface area contributed by atoms with E-state index in [9.17, 15) is 19.5 Å². The molecule has 1 amide bonds. The fraction of sp³-hybridized carbons (Fsp3) is 0.400. The summed E-state index contributed by atoms with van der Waals surface area (Å²) < 4.78 is 5.34. The van der Waals surface area contributed by atoms with Gasteiger partial charge in [-0.3, -0.25) is 4.79 Å². The van der Waals surface area contributed by atoms with Crippen molar-refractivity contribution < 1.29 is 24.2 Å². The van der Waals surface area contributed by atoms with Crippen LogP contribution in [0, 0.1) is 0 Å². The average molecular weight is 458 g/mol. The highest BCUT2D eigenvalue weighted by Crippen LogP contribution is 2.25. The van der Waals surface area contributed by atoms with Crippen LogP contribution in [0.4, 0.5) is 10.5 Å². The highest BCUT2D eigenvalue weighted by atomic mass is 16.6. The van der Waals surface area contributed by atoms with E-state index in [4.69, 9.17) is 4.74 Å². The third-order valence-electron chi connectivity index (χ3n) is 4.71. The van der Waals surface area contributed by atoms with E-state index in [-0.39, 0.29) is 17.2 Å². The van der Waals surface area contributed by atoms with Crippen molar-refractivity contribution in [2.45, 2.75) is 26.4 Å². The zero-order chi connectivity index (χ0) is 25.3. The Balaban J connectivity index is 2.68. The molecule has 0 heterocycles. The lowest BCUT2D eigenvalue weighted by Gasteiger charge is -2.26. The van der Waals surface area contributed by atoms with Gasteiger partial charge in [-0.15, -0.1) is 0 Å². The molecule has 0 spiro atoms. The van der Waals surface area contributed by atoms with Gasteiger partial charge in [0.1, 0.15) is 5.60 Å². The number of carboxylic acids is 1. The SMILES string of the molecule is C=C(/C=C\C(=C)N(C)c1cccc(C=O)c1C(=O)O)CN(C)CCN(C)C(=O)OC(C)(C)C. The van der Waals surface area contributed by atoms with Crippen LogP contribution in [-0.2, 0) is 4.74 Å². The fourth-order valence-electron chi connectivity index (χ4n) is 2.88. The molecule has 33 heavy (non-hydrogen) atoms. The van der Waals surface area contributed by atoms with Gasteiger partial charge in [0.25, 0.3) is 0 Å². The number of allylic oxidation sites excluding steroid dienone is 1.